The number of carbonyl (C=O) groups is 1. The van der Waals surface area contributed by atoms with Crippen LogP contribution in [-0.2, 0) is 6.42 Å². The number of hydrogen-bond donors (Lipinski definition) is 2. The molecule has 8 nitrogen and oxygen atoms in total. The first-order valence-electron chi connectivity index (χ1n) is 7.34. The Kier molecular flexibility index (Phi) is 5.89. The maximum absolute atomic E-state index is 12.0. The number of benzene rings is 1. The Morgan fingerprint density at radius 2 is 1.79 bits per heavy atom. The largest absolute Gasteiger partial charge is 0.493 e. The lowest BCUT2D eigenvalue weighted by atomic mass is 10.2. The van der Waals surface area contributed by atoms with Gasteiger partial charge in [0, 0.05) is 31.2 Å². The number of methoxy groups -OCH3 is 3. The molecule has 0 aliphatic heterocycles. The van der Waals surface area contributed by atoms with Crippen molar-refractivity contribution in [3.8, 4) is 17.2 Å². The van der Waals surface area contributed by atoms with Crippen LogP contribution in [0.2, 0.25) is 0 Å². The van der Waals surface area contributed by atoms with E-state index in [-0.39, 0.29) is 6.03 Å². The van der Waals surface area contributed by atoms with Crippen molar-refractivity contribution in [2.75, 3.05) is 33.2 Å². The van der Waals surface area contributed by atoms with E-state index >= 15 is 0 Å². The third kappa shape index (κ3) is 4.31. The Labute approximate surface area is 140 Å². The predicted octanol–water partition coefficient (Wildman–Crippen LogP) is 2.37. The van der Waals surface area contributed by atoms with Crippen LogP contribution in [0.3, 0.4) is 0 Å². The van der Waals surface area contributed by atoms with Crippen LogP contribution >= 0.6 is 0 Å². The van der Waals surface area contributed by atoms with E-state index in [1.165, 1.54) is 21.3 Å². The first kappa shape index (κ1) is 17.5. The molecule has 2 rings (SSSR count). The zero-order valence-corrected chi connectivity index (χ0v) is 14.1. The molecule has 0 spiro atoms. The van der Waals surface area contributed by atoms with Gasteiger partial charge < -0.3 is 29.4 Å². The summed E-state index contributed by atoms with van der Waals surface area (Å²) in [5, 5.41) is 9.26. The average Bonchev–Trinajstić information content (AvgIpc) is 2.99. The smallest absolute Gasteiger partial charge is 0.319 e. The molecule has 0 fully saturated rings. The quantitative estimate of drug-likeness (QED) is 0.807. The number of anilines is 1. The average molecular weight is 335 g/mol. The fourth-order valence-electron chi connectivity index (χ4n) is 2.16. The molecule has 1 heterocycles. The summed E-state index contributed by atoms with van der Waals surface area (Å²) in [4.78, 5) is 12.0. The standard InChI is InChI=1S/C16H21N3O5/c1-10-7-12(24-19-10)5-6-17-16(20)18-11-8-13(21-2)15(23-4)14(9-11)22-3/h7-9H,5-6H2,1-4H3,(H2,17,18,20). The number of ether oxygens (including phenoxy) is 3. The van der Waals surface area contributed by atoms with Crippen molar-refractivity contribution in [3.05, 3.63) is 29.7 Å². The highest BCUT2D eigenvalue weighted by molar-refractivity contribution is 5.90. The third-order valence-corrected chi connectivity index (χ3v) is 3.26. The number of rotatable bonds is 7. The van der Waals surface area contributed by atoms with E-state index < -0.39 is 0 Å². The Morgan fingerprint density at radius 1 is 1.12 bits per heavy atom. The molecule has 24 heavy (non-hydrogen) atoms. The second-order valence-corrected chi connectivity index (χ2v) is 4.98. The molecule has 2 aromatic rings. The van der Waals surface area contributed by atoms with Gasteiger partial charge in [0.15, 0.2) is 11.5 Å². The monoisotopic (exact) mass is 335 g/mol. The van der Waals surface area contributed by atoms with E-state index in [1.54, 1.807) is 12.1 Å². The zero-order valence-electron chi connectivity index (χ0n) is 14.1. The minimum Gasteiger partial charge on any atom is -0.493 e. The Bertz CT molecular complexity index is 674. The van der Waals surface area contributed by atoms with Gasteiger partial charge in [-0.25, -0.2) is 4.79 Å². The van der Waals surface area contributed by atoms with E-state index in [9.17, 15) is 4.79 Å². The molecule has 8 heteroatoms. The first-order chi connectivity index (χ1) is 11.6. The maximum atomic E-state index is 12.0. The fraction of sp³-hybridized carbons (Fsp3) is 0.375. The van der Waals surface area contributed by atoms with Crippen LogP contribution in [0, 0.1) is 6.92 Å². The van der Waals surface area contributed by atoms with Crippen LogP contribution in [0.5, 0.6) is 17.2 Å². The van der Waals surface area contributed by atoms with Crippen LogP contribution in [0.4, 0.5) is 10.5 Å². The number of urea groups is 1. The van der Waals surface area contributed by atoms with Gasteiger partial charge in [-0.05, 0) is 6.92 Å². The summed E-state index contributed by atoms with van der Waals surface area (Å²) >= 11 is 0. The van der Waals surface area contributed by atoms with Crippen molar-refractivity contribution in [2.45, 2.75) is 13.3 Å². The van der Waals surface area contributed by atoms with E-state index in [0.29, 0.717) is 35.9 Å². The van der Waals surface area contributed by atoms with Gasteiger partial charge in [-0.3, -0.25) is 0 Å². The SMILES string of the molecule is COc1cc(NC(=O)NCCc2cc(C)no2)cc(OC)c1OC. The van der Waals surface area contributed by atoms with Crippen LogP contribution in [-0.4, -0.2) is 39.1 Å². The summed E-state index contributed by atoms with van der Waals surface area (Å²) in [5.74, 6) is 2.11. The Morgan fingerprint density at radius 3 is 2.29 bits per heavy atom. The van der Waals surface area contributed by atoms with Crippen molar-refractivity contribution in [1.29, 1.82) is 0 Å². The van der Waals surface area contributed by atoms with Crippen molar-refractivity contribution in [2.24, 2.45) is 0 Å². The van der Waals surface area contributed by atoms with Gasteiger partial charge in [0.05, 0.1) is 32.7 Å². The van der Waals surface area contributed by atoms with Gasteiger partial charge in [0.25, 0.3) is 0 Å². The van der Waals surface area contributed by atoms with Gasteiger partial charge in [-0.15, -0.1) is 0 Å². The number of nitrogens with one attached hydrogen (secondary N) is 2. The molecular formula is C16H21N3O5. The zero-order chi connectivity index (χ0) is 17.5. The summed E-state index contributed by atoms with van der Waals surface area (Å²) < 4.78 is 20.8. The van der Waals surface area contributed by atoms with Gasteiger partial charge in [-0.1, -0.05) is 5.16 Å². The second-order valence-electron chi connectivity index (χ2n) is 4.98. The fourth-order valence-corrected chi connectivity index (χ4v) is 2.16. The molecule has 0 saturated carbocycles. The summed E-state index contributed by atoms with van der Waals surface area (Å²) in [6.07, 6.45) is 0.559. The molecule has 0 aliphatic carbocycles. The maximum Gasteiger partial charge on any atom is 0.319 e. The minimum absolute atomic E-state index is 0.347. The number of nitrogens with zero attached hydrogens (tertiary/aromatic N) is 1. The predicted molar refractivity (Wildman–Crippen MR) is 88.1 cm³/mol. The molecule has 0 saturated heterocycles. The summed E-state index contributed by atoms with van der Waals surface area (Å²) in [6.45, 7) is 2.27. The molecule has 130 valence electrons. The number of hydrogen-bond acceptors (Lipinski definition) is 6. The summed E-state index contributed by atoms with van der Waals surface area (Å²) in [7, 11) is 4.55. The van der Waals surface area contributed by atoms with Gasteiger partial charge >= 0.3 is 6.03 Å². The lowest BCUT2D eigenvalue weighted by Gasteiger charge is -2.14. The molecule has 2 N–H and O–H groups in total. The van der Waals surface area contributed by atoms with Gasteiger partial charge in [0.2, 0.25) is 5.75 Å². The van der Waals surface area contributed by atoms with Crippen LogP contribution in [0.15, 0.2) is 22.7 Å². The topological polar surface area (TPSA) is 94.9 Å². The first-order valence-corrected chi connectivity index (χ1v) is 7.34. The normalized spacial score (nSPS) is 10.2. The highest BCUT2D eigenvalue weighted by atomic mass is 16.5. The van der Waals surface area contributed by atoms with E-state index in [4.69, 9.17) is 18.7 Å². The highest BCUT2D eigenvalue weighted by Crippen LogP contribution is 2.39. The molecule has 0 radical (unpaired) electrons. The third-order valence-electron chi connectivity index (χ3n) is 3.26. The molecule has 0 unspecified atom stereocenters. The van der Waals surface area contributed by atoms with Crippen molar-refractivity contribution < 1.29 is 23.5 Å². The highest BCUT2D eigenvalue weighted by Gasteiger charge is 2.14. The summed E-state index contributed by atoms with van der Waals surface area (Å²) in [6, 6.07) is 4.79. The van der Waals surface area contributed by atoms with Crippen LogP contribution in [0.25, 0.3) is 0 Å². The molecule has 0 aliphatic rings. The van der Waals surface area contributed by atoms with Gasteiger partial charge in [0.1, 0.15) is 5.76 Å². The second kappa shape index (κ2) is 8.09. The number of carbonyl (C=O) groups excluding carboxylic acids is 1. The summed E-state index contributed by atoms with van der Waals surface area (Å²) in [5.41, 5.74) is 1.34. The van der Waals surface area contributed by atoms with E-state index in [2.05, 4.69) is 15.8 Å². The molecule has 0 bridgehead atoms. The van der Waals surface area contributed by atoms with Crippen LogP contribution in [0.1, 0.15) is 11.5 Å². The van der Waals surface area contributed by atoms with E-state index in [1.807, 2.05) is 13.0 Å². The van der Waals surface area contributed by atoms with Crippen molar-refractivity contribution in [3.63, 3.8) is 0 Å². The van der Waals surface area contributed by atoms with E-state index in [0.717, 1.165) is 11.5 Å². The Hall–Kier alpha value is -2.90. The molecule has 1 aromatic carbocycles. The van der Waals surface area contributed by atoms with Crippen molar-refractivity contribution in [1.82, 2.24) is 10.5 Å². The molecule has 2 amide bonds. The number of aromatic nitrogens is 1. The lowest BCUT2D eigenvalue weighted by molar-refractivity contribution is 0.252. The number of aryl methyl sites for hydroxylation is 1. The minimum atomic E-state index is -0.347. The molecule has 1 aromatic heterocycles. The van der Waals surface area contributed by atoms with Crippen LogP contribution < -0.4 is 24.8 Å². The Balaban J connectivity index is 1.95. The molecular weight excluding hydrogens is 314 g/mol. The van der Waals surface area contributed by atoms with Gasteiger partial charge in [-0.2, -0.15) is 0 Å². The van der Waals surface area contributed by atoms with Crippen molar-refractivity contribution >= 4 is 11.7 Å². The number of amides is 2. The molecule has 0 atom stereocenters. The lowest BCUT2D eigenvalue weighted by Crippen LogP contribution is -2.30.